The van der Waals surface area contributed by atoms with Crippen LogP contribution in [0.4, 0.5) is 0 Å². The molecule has 24 valence electrons. The molecular weight excluding hydrogens is 95.1 g/mol. The van der Waals surface area contributed by atoms with Gasteiger partial charge in [0.2, 0.25) is 0 Å². The summed E-state index contributed by atoms with van der Waals surface area (Å²) >= 11 is 1.54. The van der Waals surface area contributed by atoms with Crippen molar-refractivity contribution in [3.8, 4) is 0 Å². The van der Waals surface area contributed by atoms with Gasteiger partial charge in [-0.15, -0.1) is 0 Å². The van der Waals surface area contributed by atoms with Crippen molar-refractivity contribution in [2.75, 3.05) is 0 Å². The first-order valence-corrected chi connectivity index (χ1v) is 3.11. The quantitative estimate of drug-likeness (QED) is 0.295. The Morgan fingerprint density at radius 1 is 2.00 bits per heavy atom. The molecule has 0 atom stereocenters. The molecule has 0 rings (SSSR count). The summed E-state index contributed by atoms with van der Waals surface area (Å²) in [6.07, 6.45) is 0. The third-order valence-electron chi connectivity index (χ3n) is 0.167. The second kappa shape index (κ2) is 3.09. The van der Waals surface area contributed by atoms with Crippen LogP contribution in [0.15, 0.2) is 0 Å². The van der Waals surface area contributed by atoms with Crippen molar-refractivity contribution in [2.45, 2.75) is 6.92 Å². The van der Waals surface area contributed by atoms with Crippen LogP contribution < -0.4 is 0 Å². The summed E-state index contributed by atoms with van der Waals surface area (Å²) in [5.41, 5.74) is 0. The van der Waals surface area contributed by atoms with Crippen LogP contribution in [0.5, 0.6) is 0 Å². The minimum absolute atomic E-state index is 0.608. The van der Waals surface area contributed by atoms with E-state index >= 15 is 0 Å². The van der Waals surface area contributed by atoms with E-state index in [0.29, 0.717) is 11.3 Å². The van der Waals surface area contributed by atoms with E-state index in [2.05, 4.69) is 0 Å². The summed E-state index contributed by atoms with van der Waals surface area (Å²) < 4.78 is 10.5. The molecule has 0 saturated carbocycles. The monoisotopic (exact) mass is 98.0 g/mol. The van der Waals surface area contributed by atoms with Crippen LogP contribution in [0.1, 0.15) is 6.92 Å². The van der Waals surface area contributed by atoms with Gasteiger partial charge in [0.05, 0.1) is 0 Å². The van der Waals surface area contributed by atoms with Crippen LogP contribution in [0.3, 0.4) is 0 Å². The molecule has 0 saturated heterocycles. The molecule has 0 radical (unpaired) electrons. The van der Waals surface area contributed by atoms with Crippen LogP contribution in [0.25, 0.3) is 0 Å². The van der Waals surface area contributed by atoms with Gasteiger partial charge in [0.15, 0.2) is 0 Å². The fourth-order valence-electron chi connectivity index (χ4n) is 0. The van der Waals surface area contributed by atoms with E-state index < -0.39 is 0 Å². The van der Waals surface area contributed by atoms with Gasteiger partial charge in [-0.05, 0) is 0 Å². The van der Waals surface area contributed by atoms with Crippen LogP contribution in [-0.4, -0.2) is 34.3 Å². The van der Waals surface area contributed by atoms with Crippen LogP contribution in [0, 0.1) is 0 Å². The molecule has 0 bridgehead atoms. The number of hydrogen-bond donors (Lipinski definition) is 0. The van der Waals surface area contributed by atoms with Crippen molar-refractivity contribution in [3.63, 3.8) is 0 Å². The van der Waals surface area contributed by atoms with Gasteiger partial charge < -0.3 is 0 Å². The molecule has 0 aromatic heterocycles. The van der Waals surface area contributed by atoms with Gasteiger partial charge >= 0.3 is 52.4 Å². The Labute approximate surface area is 52.2 Å². The topological polar surface area (TPSA) is 17.1 Å². The molecule has 0 aliphatic heterocycles. The maximum atomic E-state index is 9.54. The predicted molar refractivity (Wildman–Crippen MR) is 24.6 cm³/mol. The van der Waals surface area contributed by atoms with Crippen LogP contribution >= 0.6 is 0 Å². The van der Waals surface area contributed by atoms with E-state index in [4.69, 9.17) is 0 Å². The van der Waals surface area contributed by atoms with E-state index in [1.807, 2.05) is 6.92 Å². The molecule has 0 unspecified atom stereocenters. The normalized spacial score (nSPS) is 7.00. The van der Waals surface area contributed by atoms with Crippen molar-refractivity contribution in [2.24, 2.45) is 0 Å². The number of hydrogen-bond acceptors (Lipinski definition) is 1. The average molecular weight is 98.1 g/mol. The van der Waals surface area contributed by atoms with Gasteiger partial charge in [-0.2, -0.15) is 0 Å². The fourth-order valence-corrected chi connectivity index (χ4v) is 0. The molecule has 0 N–H and O–H groups in total. The second-order valence-corrected chi connectivity index (χ2v) is 4.20. The number of rotatable bonds is 0. The zero-order valence-electron chi connectivity index (χ0n) is 3.32. The molecule has 0 heterocycles. The van der Waals surface area contributed by atoms with Gasteiger partial charge in [-0.1, -0.05) is 0 Å². The molecule has 0 spiro atoms. The van der Waals surface area contributed by atoms with Gasteiger partial charge in [0, 0.05) is 0 Å². The summed E-state index contributed by atoms with van der Waals surface area (Å²) in [4.78, 5) is 0. The van der Waals surface area contributed by atoms with Gasteiger partial charge in [0.25, 0.3) is 0 Å². The fraction of sp³-hybridized carbons (Fsp3) is 0.500. The third kappa shape index (κ3) is 4.89. The SMILES string of the molecule is C[C]([Na])=S=O. The van der Waals surface area contributed by atoms with Crippen LogP contribution in [-0.2, 0) is 11.3 Å². The summed E-state index contributed by atoms with van der Waals surface area (Å²) in [5, 5.41) is 0. The first-order valence-electron chi connectivity index (χ1n) is 1.37. The van der Waals surface area contributed by atoms with Crippen molar-refractivity contribution < 1.29 is 4.21 Å². The molecule has 3 heteroatoms. The standard InChI is InChI=1S/C2H3OS.Na/c1-2-4-3;/h1H3;. The Bertz CT molecular complexity index is 69.7. The molecule has 0 aromatic carbocycles. The maximum absolute atomic E-state index is 9.54. The van der Waals surface area contributed by atoms with E-state index in [0.717, 1.165) is 30.0 Å². The van der Waals surface area contributed by atoms with E-state index in [1.54, 1.807) is 0 Å². The van der Waals surface area contributed by atoms with Gasteiger partial charge in [0.1, 0.15) is 0 Å². The Kier molecular flexibility index (Phi) is 3.65. The van der Waals surface area contributed by atoms with Crippen molar-refractivity contribution in [3.05, 3.63) is 0 Å². The molecule has 1 nitrogen and oxygen atoms in total. The van der Waals surface area contributed by atoms with Crippen molar-refractivity contribution >= 4 is 41.3 Å². The molecule has 0 aromatic rings. The van der Waals surface area contributed by atoms with Crippen molar-refractivity contribution in [1.82, 2.24) is 0 Å². The average Bonchev–Trinajstić information content (AvgIpc) is 1.38. The zero-order chi connectivity index (χ0) is 4.28. The summed E-state index contributed by atoms with van der Waals surface area (Å²) in [7, 11) is 0. The van der Waals surface area contributed by atoms with Crippen molar-refractivity contribution in [1.29, 1.82) is 0 Å². The predicted octanol–water partition coefficient (Wildman–Crippen LogP) is -0.482. The second-order valence-electron chi connectivity index (χ2n) is 0.992. The molecule has 0 amide bonds. The summed E-state index contributed by atoms with van der Waals surface area (Å²) in [6, 6.07) is 0. The first-order chi connectivity index (χ1) is 2.27. The molecule has 5 heavy (non-hydrogen) atoms. The first kappa shape index (κ1) is 5.89. The molecule has 0 aliphatic carbocycles. The Hall–Kier alpha value is 0.890. The summed E-state index contributed by atoms with van der Waals surface area (Å²) in [5.74, 6) is 0. The van der Waals surface area contributed by atoms with Gasteiger partial charge in [-0.25, -0.2) is 0 Å². The minimum atomic E-state index is 0.608. The summed E-state index contributed by atoms with van der Waals surface area (Å²) in [6.45, 7) is 1.85. The van der Waals surface area contributed by atoms with Crippen LogP contribution in [0.2, 0.25) is 0 Å². The van der Waals surface area contributed by atoms with E-state index in [-0.39, 0.29) is 0 Å². The Balaban J connectivity index is 3.60. The Morgan fingerprint density at radius 2 is 2.20 bits per heavy atom. The zero-order valence-corrected chi connectivity index (χ0v) is 6.13. The van der Waals surface area contributed by atoms with E-state index in [9.17, 15) is 4.21 Å². The van der Waals surface area contributed by atoms with E-state index in [1.165, 1.54) is 0 Å². The molecule has 0 fully saturated rings. The Morgan fingerprint density at radius 3 is 2.20 bits per heavy atom. The van der Waals surface area contributed by atoms with Gasteiger partial charge in [-0.3, -0.25) is 0 Å². The third-order valence-corrected chi connectivity index (χ3v) is 1.00. The molecular formula is C2H3NaOS. The molecule has 0 aliphatic rings.